The Morgan fingerprint density at radius 1 is 1.32 bits per heavy atom. The van der Waals surface area contributed by atoms with E-state index in [2.05, 4.69) is 5.32 Å². The van der Waals surface area contributed by atoms with E-state index in [9.17, 15) is 9.59 Å². The van der Waals surface area contributed by atoms with E-state index in [-0.39, 0.29) is 17.9 Å². The van der Waals surface area contributed by atoms with Gasteiger partial charge in [-0.15, -0.1) is 0 Å². The number of hydrogen-bond acceptors (Lipinski definition) is 2. The van der Waals surface area contributed by atoms with Gasteiger partial charge in [0.05, 0.1) is 11.1 Å². The fraction of sp³-hybridized carbons (Fsp3) is 0.333. The summed E-state index contributed by atoms with van der Waals surface area (Å²) in [6.45, 7) is 5.47. The Morgan fingerprint density at radius 3 is 2.63 bits per heavy atom. The first-order valence-corrected chi connectivity index (χ1v) is 6.46. The largest absolute Gasteiger partial charge is 0.350 e. The molecule has 0 aliphatic carbocycles. The summed E-state index contributed by atoms with van der Waals surface area (Å²) >= 11 is 0. The van der Waals surface area contributed by atoms with Crippen LogP contribution in [-0.2, 0) is 0 Å². The molecule has 19 heavy (non-hydrogen) atoms. The zero-order valence-corrected chi connectivity index (χ0v) is 11.4. The maximum atomic E-state index is 12.2. The first-order chi connectivity index (χ1) is 9.04. The summed E-state index contributed by atoms with van der Waals surface area (Å²) in [6.07, 6.45) is 2.49. The highest BCUT2D eigenvalue weighted by atomic mass is 16.2. The van der Waals surface area contributed by atoms with E-state index in [1.165, 1.54) is 11.5 Å². The summed E-state index contributed by atoms with van der Waals surface area (Å²) in [5, 5.41) is 3.73. The third-order valence-electron chi connectivity index (χ3n) is 3.29. The predicted molar refractivity (Wildman–Crippen MR) is 75.5 cm³/mol. The number of carbonyl (C=O) groups is 2. The molecular formula is C15H18N2O2. The molecule has 0 saturated carbocycles. The van der Waals surface area contributed by atoms with Crippen molar-refractivity contribution in [1.29, 1.82) is 0 Å². The Kier molecular flexibility index (Phi) is 3.69. The Hall–Kier alpha value is -2.10. The standard InChI is InChI=1S/C15H18N2O2/c1-4-10(2)16-15(19)13-9-17(11(3)18)14-8-6-5-7-12(13)14/h5-10H,4H2,1-3H3,(H,16,19). The zero-order chi connectivity index (χ0) is 14.0. The highest BCUT2D eigenvalue weighted by Crippen LogP contribution is 2.21. The van der Waals surface area contributed by atoms with E-state index in [0.717, 1.165) is 17.3 Å². The summed E-state index contributed by atoms with van der Waals surface area (Å²) in [6, 6.07) is 7.55. The molecule has 0 aliphatic heterocycles. The fourth-order valence-electron chi connectivity index (χ4n) is 2.02. The van der Waals surface area contributed by atoms with Gasteiger partial charge in [-0.3, -0.25) is 14.2 Å². The summed E-state index contributed by atoms with van der Waals surface area (Å²) < 4.78 is 1.51. The lowest BCUT2D eigenvalue weighted by atomic mass is 10.1. The molecule has 0 radical (unpaired) electrons. The molecule has 0 aliphatic rings. The van der Waals surface area contributed by atoms with Gasteiger partial charge in [-0.25, -0.2) is 0 Å². The predicted octanol–water partition coefficient (Wildman–Crippen LogP) is 2.83. The average molecular weight is 258 g/mol. The molecule has 1 atom stereocenters. The van der Waals surface area contributed by atoms with Gasteiger partial charge < -0.3 is 5.32 Å². The molecule has 4 nitrogen and oxygen atoms in total. The molecule has 1 amide bonds. The lowest BCUT2D eigenvalue weighted by Gasteiger charge is -2.10. The van der Waals surface area contributed by atoms with Crippen LogP contribution in [0.4, 0.5) is 0 Å². The Bertz CT molecular complexity index is 628. The molecule has 1 aromatic heterocycles. The summed E-state index contributed by atoms with van der Waals surface area (Å²) in [4.78, 5) is 23.8. The number of hydrogen-bond donors (Lipinski definition) is 1. The van der Waals surface area contributed by atoms with Crippen LogP contribution in [0.25, 0.3) is 10.9 Å². The number of benzene rings is 1. The van der Waals surface area contributed by atoms with Gasteiger partial charge in [0.2, 0.25) is 5.91 Å². The molecule has 0 fully saturated rings. The van der Waals surface area contributed by atoms with Crippen LogP contribution in [0.5, 0.6) is 0 Å². The van der Waals surface area contributed by atoms with Gasteiger partial charge in [-0.05, 0) is 19.4 Å². The second kappa shape index (κ2) is 5.26. The van der Waals surface area contributed by atoms with Gasteiger partial charge in [0.25, 0.3) is 5.91 Å². The van der Waals surface area contributed by atoms with E-state index < -0.39 is 0 Å². The quantitative estimate of drug-likeness (QED) is 0.920. The number of amides is 1. The molecule has 2 rings (SSSR count). The van der Waals surface area contributed by atoms with Crippen molar-refractivity contribution in [3.63, 3.8) is 0 Å². The van der Waals surface area contributed by atoms with E-state index in [4.69, 9.17) is 0 Å². The van der Waals surface area contributed by atoms with Crippen molar-refractivity contribution < 1.29 is 9.59 Å². The summed E-state index contributed by atoms with van der Waals surface area (Å²) in [5.74, 6) is -0.232. The van der Waals surface area contributed by atoms with Gasteiger partial charge in [0.15, 0.2) is 0 Å². The normalized spacial score (nSPS) is 12.4. The lowest BCUT2D eigenvalue weighted by Crippen LogP contribution is -2.31. The topological polar surface area (TPSA) is 51.1 Å². The number of carbonyl (C=O) groups excluding carboxylic acids is 2. The molecule has 1 unspecified atom stereocenters. The van der Waals surface area contributed by atoms with Crippen LogP contribution in [0.3, 0.4) is 0 Å². The highest BCUT2D eigenvalue weighted by Gasteiger charge is 2.17. The fourth-order valence-corrected chi connectivity index (χ4v) is 2.02. The molecule has 2 aromatic rings. The van der Waals surface area contributed by atoms with Crippen LogP contribution in [0, 0.1) is 0 Å². The van der Waals surface area contributed by atoms with E-state index in [0.29, 0.717) is 5.56 Å². The van der Waals surface area contributed by atoms with Gasteiger partial charge >= 0.3 is 0 Å². The molecule has 1 aromatic carbocycles. The smallest absolute Gasteiger partial charge is 0.253 e. The molecular weight excluding hydrogens is 240 g/mol. The Morgan fingerprint density at radius 2 is 2.00 bits per heavy atom. The SMILES string of the molecule is CCC(C)NC(=O)c1cn(C(C)=O)c2ccccc12. The zero-order valence-electron chi connectivity index (χ0n) is 11.4. The first kappa shape index (κ1) is 13.3. The highest BCUT2D eigenvalue weighted by molar-refractivity contribution is 6.09. The molecule has 4 heteroatoms. The molecule has 0 saturated heterocycles. The van der Waals surface area contributed by atoms with Crippen molar-refractivity contribution in [2.75, 3.05) is 0 Å². The Balaban J connectivity index is 2.49. The van der Waals surface area contributed by atoms with Crippen LogP contribution < -0.4 is 5.32 Å². The van der Waals surface area contributed by atoms with Crippen LogP contribution in [0.1, 0.15) is 42.3 Å². The number of nitrogens with zero attached hydrogens (tertiary/aromatic N) is 1. The van der Waals surface area contributed by atoms with Crippen molar-refractivity contribution in [2.45, 2.75) is 33.2 Å². The number of para-hydroxylation sites is 1. The third kappa shape index (κ3) is 2.52. The van der Waals surface area contributed by atoms with Crippen LogP contribution >= 0.6 is 0 Å². The summed E-state index contributed by atoms with van der Waals surface area (Å²) in [7, 11) is 0. The van der Waals surface area contributed by atoms with Gasteiger partial charge in [-0.2, -0.15) is 0 Å². The minimum Gasteiger partial charge on any atom is -0.350 e. The number of aromatic nitrogens is 1. The van der Waals surface area contributed by atoms with Crippen molar-refractivity contribution in [1.82, 2.24) is 9.88 Å². The number of nitrogens with one attached hydrogen (secondary N) is 1. The number of rotatable bonds is 3. The van der Waals surface area contributed by atoms with Crippen LogP contribution in [0.2, 0.25) is 0 Å². The number of fused-ring (bicyclic) bond motifs is 1. The molecule has 1 N–H and O–H groups in total. The van der Waals surface area contributed by atoms with Crippen molar-refractivity contribution in [2.24, 2.45) is 0 Å². The van der Waals surface area contributed by atoms with Crippen LogP contribution in [0.15, 0.2) is 30.5 Å². The van der Waals surface area contributed by atoms with Gasteiger partial charge in [-0.1, -0.05) is 25.1 Å². The van der Waals surface area contributed by atoms with Gasteiger partial charge in [0.1, 0.15) is 0 Å². The van der Waals surface area contributed by atoms with Crippen molar-refractivity contribution in [3.8, 4) is 0 Å². The molecule has 0 bridgehead atoms. The minimum absolute atomic E-state index is 0.0983. The van der Waals surface area contributed by atoms with E-state index >= 15 is 0 Å². The van der Waals surface area contributed by atoms with E-state index in [1.54, 1.807) is 6.20 Å². The van der Waals surface area contributed by atoms with Gasteiger partial charge in [0, 0.05) is 24.5 Å². The third-order valence-corrected chi connectivity index (χ3v) is 3.29. The maximum Gasteiger partial charge on any atom is 0.253 e. The second-order valence-corrected chi connectivity index (χ2v) is 4.73. The van der Waals surface area contributed by atoms with E-state index in [1.807, 2.05) is 38.1 Å². The molecule has 0 spiro atoms. The maximum absolute atomic E-state index is 12.2. The molecule has 100 valence electrons. The monoisotopic (exact) mass is 258 g/mol. The first-order valence-electron chi connectivity index (χ1n) is 6.46. The molecule has 1 heterocycles. The Labute approximate surface area is 112 Å². The minimum atomic E-state index is -0.134. The van der Waals surface area contributed by atoms with Crippen LogP contribution in [-0.4, -0.2) is 22.4 Å². The lowest BCUT2D eigenvalue weighted by molar-refractivity contribution is 0.0940. The van der Waals surface area contributed by atoms with Crippen molar-refractivity contribution in [3.05, 3.63) is 36.0 Å². The van der Waals surface area contributed by atoms with Crippen molar-refractivity contribution >= 4 is 22.7 Å². The second-order valence-electron chi connectivity index (χ2n) is 4.73. The summed E-state index contributed by atoms with van der Waals surface area (Å²) in [5.41, 5.74) is 1.32. The average Bonchev–Trinajstić information content (AvgIpc) is 2.78.